The van der Waals surface area contributed by atoms with Crippen LogP contribution >= 0.6 is 0 Å². The fourth-order valence-electron chi connectivity index (χ4n) is 2.21. The molecule has 0 saturated carbocycles. The van der Waals surface area contributed by atoms with Gasteiger partial charge in [-0.1, -0.05) is 12.1 Å². The summed E-state index contributed by atoms with van der Waals surface area (Å²) in [5.41, 5.74) is 1.75. The van der Waals surface area contributed by atoms with Crippen molar-refractivity contribution >= 4 is 17.3 Å². The third kappa shape index (κ3) is 1.82. The highest BCUT2D eigenvalue weighted by Gasteiger charge is 2.14. The predicted molar refractivity (Wildman–Crippen MR) is 73.9 cm³/mol. The Hall–Kier alpha value is -2.76. The van der Waals surface area contributed by atoms with Crippen molar-refractivity contribution in [2.24, 2.45) is 0 Å². The fourth-order valence-corrected chi connectivity index (χ4v) is 2.21. The molecule has 2 aromatic heterocycles. The SMILES string of the molecule is Cc1ncc(-n2c(=O)n(CC=O)c3ccccc32)cn1. The van der Waals surface area contributed by atoms with Gasteiger partial charge in [0.1, 0.15) is 12.1 Å². The van der Waals surface area contributed by atoms with Crippen LogP contribution in [0.1, 0.15) is 5.82 Å². The molecule has 0 aliphatic heterocycles. The molecule has 0 amide bonds. The predicted octanol–water partition coefficient (Wildman–Crippen LogP) is 1.09. The highest BCUT2D eigenvalue weighted by atomic mass is 16.2. The van der Waals surface area contributed by atoms with Crippen LogP contribution < -0.4 is 5.69 Å². The summed E-state index contributed by atoms with van der Waals surface area (Å²) in [6.45, 7) is 1.81. The van der Waals surface area contributed by atoms with Crippen LogP contribution in [0.3, 0.4) is 0 Å². The van der Waals surface area contributed by atoms with Gasteiger partial charge in [0, 0.05) is 0 Å². The molecule has 1 aromatic carbocycles. The van der Waals surface area contributed by atoms with E-state index in [2.05, 4.69) is 9.97 Å². The van der Waals surface area contributed by atoms with Gasteiger partial charge in [0.05, 0.1) is 35.7 Å². The number of aryl methyl sites for hydroxylation is 1. The summed E-state index contributed by atoms with van der Waals surface area (Å²) < 4.78 is 2.94. The van der Waals surface area contributed by atoms with Crippen LogP contribution in [0.15, 0.2) is 41.5 Å². The second kappa shape index (κ2) is 4.73. The van der Waals surface area contributed by atoms with E-state index in [-0.39, 0.29) is 12.2 Å². The Morgan fingerprint density at radius 1 is 1.15 bits per heavy atom. The molecular weight excluding hydrogens is 256 g/mol. The molecule has 6 heteroatoms. The van der Waals surface area contributed by atoms with Crippen LogP contribution in [0.25, 0.3) is 16.7 Å². The van der Waals surface area contributed by atoms with Crippen LogP contribution in [-0.2, 0) is 11.3 Å². The van der Waals surface area contributed by atoms with E-state index >= 15 is 0 Å². The first-order chi connectivity index (χ1) is 9.72. The van der Waals surface area contributed by atoms with E-state index in [4.69, 9.17) is 0 Å². The lowest BCUT2D eigenvalue weighted by Crippen LogP contribution is -2.24. The Bertz CT molecular complexity index is 830. The highest BCUT2D eigenvalue weighted by Crippen LogP contribution is 2.16. The lowest BCUT2D eigenvalue weighted by Gasteiger charge is -2.01. The molecule has 0 saturated heterocycles. The summed E-state index contributed by atoms with van der Waals surface area (Å²) in [6.07, 6.45) is 3.91. The van der Waals surface area contributed by atoms with E-state index in [1.807, 2.05) is 24.3 Å². The summed E-state index contributed by atoms with van der Waals surface area (Å²) in [5, 5.41) is 0. The summed E-state index contributed by atoms with van der Waals surface area (Å²) in [7, 11) is 0. The number of benzene rings is 1. The zero-order valence-electron chi connectivity index (χ0n) is 10.9. The van der Waals surface area contributed by atoms with E-state index in [9.17, 15) is 9.59 Å². The van der Waals surface area contributed by atoms with Gasteiger partial charge < -0.3 is 4.79 Å². The van der Waals surface area contributed by atoms with E-state index in [1.54, 1.807) is 19.3 Å². The second-order valence-corrected chi connectivity index (χ2v) is 4.37. The van der Waals surface area contributed by atoms with Crippen LogP contribution in [0.2, 0.25) is 0 Å². The summed E-state index contributed by atoms with van der Waals surface area (Å²) in [5.74, 6) is 0.637. The van der Waals surface area contributed by atoms with E-state index in [1.165, 1.54) is 9.13 Å². The Kier molecular flexibility index (Phi) is 2.90. The lowest BCUT2D eigenvalue weighted by molar-refractivity contribution is -0.108. The molecule has 100 valence electrons. The van der Waals surface area contributed by atoms with Gasteiger partial charge in [-0.25, -0.2) is 14.8 Å². The number of aromatic nitrogens is 4. The van der Waals surface area contributed by atoms with Crippen molar-refractivity contribution in [3.63, 3.8) is 0 Å². The second-order valence-electron chi connectivity index (χ2n) is 4.37. The van der Waals surface area contributed by atoms with Crippen molar-refractivity contribution in [3.05, 3.63) is 53.0 Å². The molecule has 0 aliphatic carbocycles. The van der Waals surface area contributed by atoms with Gasteiger partial charge in [0.25, 0.3) is 0 Å². The number of hydrogen-bond acceptors (Lipinski definition) is 4. The number of carbonyl (C=O) groups is 1. The Balaban J connectivity index is 2.35. The van der Waals surface area contributed by atoms with E-state index in [0.717, 1.165) is 5.52 Å². The number of fused-ring (bicyclic) bond motifs is 1. The summed E-state index contributed by atoms with van der Waals surface area (Å²) in [4.78, 5) is 31.5. The molecule has 2 heterocycles. The van der Waals surface area contributed by atoms with Gasteiger partial charge >= 0.3 is 5.69 Å². The van der Waals surface area contributed by atoms with Crippen molar-refractivity contribution in [1.29, 1.82) is 0 Å². The first-order valence-electron chi connectivity index (χ1n) is 6.15. The van der Waals surface area contributed by atoms with Gasteiger partial charge in [-0.15, -0.1) is 0 Å². The normalized spacial score (nSPS) is 10.8. The minimum absolute atomic E-state index is 0.0269. The lowest BCUT2D eigenvalue weighted by atomic mass is 10.3. The van der Waals surface area contributed by atoms with Crippen LogP contribution in [0.4, 0.5) is 0 Å². The van der Waals surface area contributed by atoms with Gasteiger partial charge in [-0.2, -0.15) is 0 Å². The average Bonchev–Trinajstić information content (AvgIpc) is 2.74. The number of aldehydes is 1. The Morgan fingerprint density at radius 3 is 2.45 bits per heavy atom. The van der Waals surface area contributed by atoms with Gasteiger partial charge in [-0.05, 0) is 19.1 Å². The van der Waals surface area contributed by atoms with Crippen LogP contribution in [0.5, 0.6) is 0 Å². The number of rotatable bonds is 3. The molecule has 3 aromatic rings. The molecule has 0 spiro atoms. The minimum Gasteiger partial charge on any atom is -0.301 e. The maximum absolute atomic E-state index is 12.5. The zero-order chi connectivity index (χ0) is 14.1. The van der Waals surface area contributed by atoms with Gasteiger partial charge in [0.2, 0.25) is 0 Å². The smallest absolute Gasteiger partial charge is 0.301 e. The summed E-state index contributed by atoms with van der Waals surface area (Å²) >= 11 is 0. The Labute approximate surface area is 114 Å². The molecule has 0 fully saturated rings. The number of nitrogens with zero attached hydrogens (tertiary/aromatic N) is 4. The van der Waals surface area contributed by atoms with Crippen LogP contribution in [-0.4, -0.2) is 25.4 Å². The minimum atomic E-state index is -0.272. The molecule has 3 rings (SSSR count). The first kappa shape index (κ1) is 12.3. The molecular formula is C14H12N4O2. The topological polar surface area (TPSA) is 69.8 Å². The maximum atomic E-state index is 12.5. The number of para-hydroxylation sites is 2. The standard InChI is InChI=1S/C14H12N4O2/c1-10-15-8-11(9-16-10)18-13-5-3-2-4-12(13)17(6-7-19)14(18)20/h2-5,7-9H,6H2,1H3. The van der Waals surface area contributed by atoms with E-state index < -0.39 is 0 Å². The summed E-state index contributed by atoms with van der Waals surface area (Å²) in [6, 6.07) is 7.32. The number of imidazole rings is 1. The number of hydrogen-bond donors (Lipinski definition) is 0. The zero-order valence-corrected chi connectivity index (χ0v) is 10.9. The molecule has 0 unspecified atom stereocenters. The molecule has 0 atom stereocenters. The molecule has 0 radical (unpaired) electrons. The van der Waals surface area contributed by atoms with E-state index in [0.29, 0.717) is 23.3 Å². The van der Waals surface area contributed by atoms with Crippen molar-refractivity contribution in [2.75, 3.05) is 0 Å². The van der Waals surface area contributed by atoms with Crippen molar-refractivity contribution in [1.82, 2.24) is 19.1 Å². The fraction of sp³-hybridized carbons (Fsp3) is 0.143. The van der Waals surface area contributed by atoms with Crippen molar-refractivity contribution in [2.45, 2.75) is 13.5 Å². The highest BCUT2D eigenvalue weighted by molar-refractivity contribution is 5.78. The largest absolute Gasteiger partial charge is 0.334 e. The van der Waals surface area contributed by atoms with Gasteiger partial charge in [-0.3, -0.25) is 9.13 Å². The first-order valence-corrected chi connectivity index (χ1v) is 6.15. The maximum Gasteiger partial charge on any atom is 0.334 e. The molecule has 0 N–H and O–H groups in total. The van der Waals surface area contributed by atoms with Crippen LogP contribution in [0, 0.1) is 6.92 Å². The van der Waals surface area contributed by atoms with Crippen molar-refractivity contribution < 1.29 is 4.79 Å². The van der Waals surface area contributed by atoms with Gasteiger partial charge in [0.15, 0.2) is 0 Å². The third-order valence-corrected chi connectivity index (χ3v) is 3.12. The van der Waals surface area contributed by atoms with Crippen molar-refractivity contribution in [3.8, 4) is 5.69 Å². The molecule has 0 bridgehead atoms. The third-order valence-electron chi connectivity index (χ3n) is 3.12. The molecule has 20 heavy (non-hydrogen) atoms. The number of carbonyl (C=O) groups excluding carboxylic acids is 1. The Morgan fingerprint density at radius 2 is 1.80 bits per heavy atom. The molecule has 6 nitrogen and oxygen atoms in total. The average molecular weight is 268 g/mol. The monoisotopic (exact) mass is 268 g/mol. The molecule has 0 aliphatic rings. The quantitative estimate of drug-likeness (QED) is 0.667.